The Bertz CT molecular complexity index is 1690. The number of amides is 1. The van der Waals surface area contributed by atoms with Crippen molar-refractivity contribution in [1.82, 2.24) is 4.98 Å². The fourth-order valence-corrected chi connectivity index (χ4v) is 5.95. The van der Waals surface area contributed by atoms with Crippen LogP contribution >= 0.6 is 11.3 Å². The van der Waals surface area contributed by atoms with E-state index in [1.807, 2.05) is 6.92 Å². The van der Waals surface area contributed by atoms with Gasteiger partial charge in [-0.1, -0.05) is 54.7 Å². The maximum Gasteiger partial charge on any atom is 0.396 e. The smallest absolute Gasteiger partial charge is 0.396 e. The first-order chi connectivity index (χ1) is 16.4. The van der Waals surface area contributed by atoms with E-state index >= 15 is 0 Å². The lowest BCUT2D eigenvalue weighted by molar-refractivity contribution is 0.101. The quantitative estimate of drug-likeness (QED) is 0.344. The summed E-state index contributed by atoms with van der Waals surface area (Å²) in [6.45, 7) is 1.97. The first-order valence-electron chi connectivity index (χ1n) is 10.4. The highest BCUT2D eigenvalue weighted by Crippen LogP contribution is 2.38. The van der Waals surface area contributed by atoms with Gasteiger partial charge in [0.2, 0.25) is 0 Å². The Kier molecular flexibility index (Phi) is 5.51. The number of fused-ring (bicyclic) bond motifs is 3. The Morgan fingerprint density at radius 2 is 1.68 bits per heavy atom. The number of nitrogens with zero attached hydrogens (tertiary/aromatic N) is 2. The molecule has 0 N–H and O–H groups in total. The third-order valence-corrected chi connectivity index (χ3v) is 8.00. The largest absolute Gasteiger partial charge is 0.413 e. The van der Waals surface area contributed by atoms with E-state index in [-0.39, 0.29) is 16.1 Å². The third kappa shape index (κ3) is 3.68. The molecule has 0 radical (unpaired) electrons. The van der Waals surface area contributed by atoms with Crippen LogP contribution in [0.1, 0.15) is 22.8 Å². The monoisotopic (exact) mass is 490 g/mol. The molecule has 2 heterocycles. The van der Waals surface area contributed by atoms with Gasteiger partial charge in [-0.3, -0.25) is 9.78 Å². The summed E-state index contributed by atoms with van der Waals surface area (Å²) >= 11 is 0.852. The lowest BCUT2D eigenvalue weighted by Gasteiger charge is -2.24. The fourth-order valence-electron chi connectivity index (χ4n) is 3.81. The molecular weight excluding hydrogens is 472 g/mol. The lowest BCUT2D eigenvalue weighted by atomic mass is 10.1. The molecule has 170 valence electrons. The SMILES string of the molecule is CCc1ccc(S(=O)(=O)N(C(=O)c2ccncc2)c2cc3sc(=O)oc3c3ccccc23)cc1. The van der Waals surface area contributed by atoms with Gasteiger partial charge in [0.1, 0.15) is 0 Å². The molecular formula is C25H18N2O5S2. The zero-order valence-corrected chi connectivity index (χ0v) is 19.6. The highest BCUT2D eigenvalue weighted by molar-refractivity contribution is 7.93. The van der Waals surface area contributed by atoms with E-state index < -0.39 is 20.9 Å². The van der Waals surface area contributed by atoms with Gasteiger partial charge < -0.3 is 4.42 Å². The van der Waals surface area contributed by atoms with E-state index in [0.29, 0.717) is 21.1 Å². The van der Waals surface area contributed by atoms with Crippen LogP contribution in [0.4, 0.5) is 5.69 Å². The van der Waals surface area contributed by atoms with Crippen LogP contribution in [0, 0.1) is 0 Å². The molecule has 0 atom stereocenters. The standard InChI is InChI=1S/C25H18N2O5S2/c1-2-16-7-9-18(10-8-16)34(30,31)27(24(28)17-11-13-26-14-12-17)21-15-22-23(32-25(29)33-22)20-6-4-3-5-19(20)21/h3-15H,2H2,1H3. The number of aromatic nitrogens is 1. The van der Waals surface area contributed by atoms with Gasteiger partial charge in [-0.05, 0) is 42.3 Å². The molecule has 7 nitrogen and oxygen atoms in total. The fraction of sp³-hybridized carbons (Fsp3) is 0.0800. The van der Waals surface area contributed by atoms with Gasteiger partial charge in [0.25, 0.3) is 15.9 Å². The predicted molar refractivity (Wildman–Crippen MR) is 132 cm³/mol. The molecule has 0 fully saturated rings. The molecule has 0 unspecified atom stereocenters. The first kappa shape index (κ1) is 22.0. The summed E-state index contributed by atoms with van der Waals surface area (Å²) in [4.78, 5) is 29.1. The summed E-state index contributed by atoms with van der Waals surface area (Å²) in [6.07, 6.45) is 3.61. The Morgan fingerprint density at radius 3 is 2.35 bits per heavy atom. The molecule has 0 saturated carbocycles. The number of carbonyl (C=O) groups is 1. The van der Waals surface area contributed by atoms with Crippen LogP contribution in [0.25, 0.3) is 21.1 Å². The second-order valence-electron chi connectivity index (χ2n) is 7.53. The molecule has 5 aromatic rings. The van der Waals surface area contributed by atoms with Gasteiger partial charge in [-0.2, -0.15) is 4.31 Å². The Hall–Kier alpha value is -3.82. The van der Waals surface area contributed by atoms with E-state index in [0.717, 1.165) is 27.6 Å². The summed E-state index contributed by atoms with van der Waals surface area (Å²) < 4.78 is 34.5. The number of pyridine rings is 1. The summed E-state index contributed by atoms with van der Waals surface area (Å²) in [7, 11) is -4.32. The summed E-state index contributed by atoms with van der Waals surface area (Å²) in [5, 5.41) is 1.00. The zero-order valence-electron chi connectivity index (χ0n) is 18.0. The van der Waals surface area contributed by atoms with Crippen molar-refractivity contribution in [3.8, 4) is 0 Å². The first-order valence-corrected chi connectivity index (χ1v) is 12.7. The van der Waals surface area contributed by atoms with Crippen LogP contribution in [0.5, 0.6) is 0 Å². The van der Waals surface area contributed by atoms with Crippen LogP contribution in [-0.4, -0.2) is 19.3 Å². The molecule has 0 aliphatic heterocycles. The normalized spacial score (nSPS) is 11.7. The predicted octanol–water partition coefficient (Wildman–Crippen LogP) is 5.00. The molecule has 2 aromatic heterocycles. The summed E-state index contributed by atoms with van der Waals surface area (Å²) in [6, 6.07) is 17.8. The average Bonchev–Trinajstić information content (AvgIpc) is 3.25. The second-order valence-corrected chi connectivity index (χ2v) is 10.3. The second kappa shape index (κ2) is 8.51. The number of aryl methyl sites for hydroxylation is 1. The summed E-state index contributed by atoms with van der Waals surface area (Å²) in [5.41, 5.74) is 1.63. The van der Waals surface area contributed by atoms with Crippen molar-refractivity contribution in [3.05, 3.63) is 100.0 Å². The Morgan fingerprint density at radius 1 is 1.00 bits per heavy atom. The van der Waals surface area contributed by atoms with E-state index in [9.17, 15) is 18.0 Å². The molecule has 3 aromatic carbocycles. The van der Waals surface area contributed by atoms with E-state index in [2.05, 4.69) is 4.98 Å². The molecule has 1 amide bonds. The van der Waals surface area contributed by atoms with E-state index in [1.54, 1.807) is 36.4 Å². The lowest BCUT2D eigenvalue weighted by Crippen LogP contribution is -2.37. The van der Waals surface area contributed by atoms with Crippen LogP contribution in [0.3, 0.4) is 0 Å². The van der Waals surface area contributed by atoms with Crippen molar-refractivity contribution in [1.29, 1.82) is 0 Å². The van der Waals surface area contributed by atoms with Gasteiger partial charge in [-0.15, -0.1) is 0 Å². The summed E-state index contributed by atoms with van der Waals surface area (Å²) in [5.74, 6) is -0.734. The van der Waals surface area contributed by atoms with Crippen molar-refractivity contribution in [3.63, 3.8) is 0 Å². The molecule has 5 rings (SSSR count). The number of hydrogen-bond acceptors (Lipinski definition) is 7. The maximum absolute atomic E-state index is 13.9. The minimum atomic E-state index is -4.32. The molecule has 0 saturated heterocycles. The van der Waals surface area contributed by atoms with Crippen molar-refractivity contribution >= 4 is 54.0 Å². The van der Waals surface area contributed by atoms with Crippen LogP contribution in [0.15, 0.2) is 93.2 Å². The van der Waals surface area contributed by atoms with E-state index in [1.165, 1.54) is 42.7 Å². The minimum Gasteiger partial charge on any atom is -0.413 e. The zero-order chi connectivity index (χ0) is 23.9. The molecule has 0 aliphatic carbocycles. The van der Waals surface area contributed by atoms with Crippen molar-refractivity contribution in [2.24, 2.45) is 0 Å². The van der Waals surface area contributed by atoms with Gasteiger partial charge in [0, 0.05) is 28.7 Å². The molecule has 9 heteroatoms. The minimum absolute atomic E-state index is 0.0170. The third-order valence-electron chi connectivity index (χ3n) is 5.52. The molecule has 34 heavy (non-hydrogen) atoms. The Balaban J connectivity index is 1.82. The van der Waals surface area contributed by atoms with Gasteiger partial charge >= 0.3 is 4.94 Å². The number of benzene rings is 3. The van der Waals surface area contributed by atoms with E-state index in [4.69, 9.17) is 4.42 Å². The average molecular weight is 491 g/mol. The van der Waals surface area contributed by atoms with Gasteiger partial charge in [0.15, 0.2) is 5.58 Å². The Labute approximate surface area is 199 Å². The number of rotatable bonds is 5. The number of sulfonamides is 1. The van der Waals surface area contributed by atoms with Crippen LogP contribution in [-0.2, 0) is 16.4 Å². The van der Waals surface area contributed by atoms with Gasteiger partial charge in [0.05, 0.1) is 15.3 Å². The molecule has 0 bridgehead atoms. The van der Waals surface area contributed by atoms with Crippen molar-refractivity contribution in [2.45, 2.75) is 18.2 Å². The van der Waals surface area contributed by atoms with Crippen LogP contribution in [0.2, 0.25) is 0 Å². The highest BCUT2D eigenvalue weighted by atomic mass is 32.2. The molecule has 0 spiro atoms. The molecule has 0 aliphatic rings. The maximum atomic E-state index is 13.9. The number of carbonyl (C=O) groups excluding carboxylic acids is 1. The van der Waals surface area contributed by atoms with Crippen molar-refractivity contribution < 1.29 is 17.6 Å². The van der Waals surface area contributed by atoms with Crippen molar-refractivity contribution in [2.75, 3.05) is 4.31 Å². The number of anilines is 1. The number of hydrogen-bond donors (Lipinski definition) is 0. The highest BCUT2D eigenvalue weighted by Gasteiger charge is 2.34. The van der Waals surface area contributed by atoms with Gasteiger partial charge in [-0.25, -0.2) is 13.2 Å². The van der Waals surface area contributed by atoms with Crippen LogP contribution < -0.4 is 9.24 Å². The topological polar surface area (TPSA) is 97.5 Å².